The molecule has 1 aliphatic heterocycles. The van der Waals surface area contributed by atoms with Gasteiger partial charge in [0.2, 0.25) is 0 Å². The van der Waals surface area contributed by atoms with E-state index in [0.29, 0.717) is 24.2 Å². The van der Waals surface area contributed by atoms with Crippen LogP contribution in [0.5, 0.6) is 5.75 Å². The number of nitrogens with zero attached hydrogens (tertiary/aromatic N) is 1. The molecule has 1 atom stereocenters. The minimum Gasteiger partial charge on any atom is -0.423 e. The van der Waals surface area contributed by atoms with Crippen molar-refractivity contribution in [3.05, 3.63) is 77.4 Å². The Labute approximate surface area is 144 Å². The summed E-state index contributed by atoms with van der Waals surface area (Å²) in [6.45, 7) is 0. The largest absolute Gasteiger partial charge is 0.423 e. The SMILES string of the molecule is O=C(Oc1ccccc1)c1ccc2c(c1)CC[C@@H]2N1C(=O)C=CC1=O. The molecule has 0 radical (unpaired) electrons. The maximum atomic E-state index is 12.3. The highest BCUT2D eigenvalue weighted by atomic mass is 16.5. The Kier molecular flexibility index (Phi) is 3.69. The van der Waals surface area contributed by atoms with Gasteiger partial charge < -0.3 is 4.74 Å². The number of ether oxygens (including phenoxy) is 1. The third-order valence-electron chi connectivity index (χ3n) is 4.53. The second-order valence-electron chi connectivity index (χ2n) is 6.05. The fraction of sp³-hybridized carbons (Fsp3) is 0.150. The van der Waals surface area contributed by atoms with Crippen molar-refractivity contribution in [1.82, 2.24) is 4.90 Å². The summed E-state index contributed by atoms with van der Waals surface area (Å²) in [5, 5.41) is 0. The molecule has 1 heterocycles. The number of fused-ring (bicyclic) bond motifs is 1. The molecule has 2 aromatic rings. The molecule has 2 amide bonds. The van der Waals surface area contributed by atoms with Crippen molar-refractivity contribution in [2.24, 2.45) is 0 Å². The smallest absolute Gasteiger partial charge is 0.343 e. The maximum Gasteiger partial charge on any atom is 0.343 e. The van der Waals surface area contributed by atoms with Crippen LogP contribution in [-0.4, -0.2) is 22.7 Å². The van der Waals surface area contributed by atoms with Gasteiger partial charge in [0.05, 0.1) is 11.6 Å². The van der Waals surface area contributed by atoms with Gasteiger partial charge in [0.25, 0.3) is 11.8 Å². The second-order valence-corrected chi connectivity index (χ2v) is 6.05. The molecule has 1 aliphatic carbocycles. The van der Waals surface area contributed by atoms with E-state index >= 15 is 0 Å². The highest BCUT2D eigenvalue weighted by molar-refractivity contribution is 6.13. The maximum absolute atomic E-state index is 12.3. The lowest BCUT2D eigenvalue weighted by atomic mass is 10.0. The van der Waals surface area contributed by atoms with E-state index in [1.165, 1.54) is 17.1 Å². The third kappa shape index (κ3) is 2.74. The summed E-state index contributed by atoms with van der Waals surface area (Å²) in [5.41, 5.74) is 2.35. The topological polar surface area (TPSA) is 63.7 Å². The van der Waals surface area contributed by atoms with E-state index < -0.39 is 5.97 Å². The van der Waals surface area contributed by atoms with Gasteiger partial charge in [-0.2, -0.15) is 0 Å². The van der Waals surface area contributed by atoms with Crippen LogP contribution < -0.4 is 4.74 Å². The Morgan fingerprint density at radius 2 is 1.72 bits per heavy atom. The molecule has 25 heavy (non-hydrogen) atoms. The Hall–Kier alpha value is -3.21. The van der Waals surface area contributed by atoms with Crippen molar-refractivity contribution in [3.8, 4) is 5.75 Å². The molecule has 0 saturated carbocycles. The molecule has 2 aromatic carbocycles. The quantitative estimate of drug-likeness (QED) is 0.492. The van der Waals surface area contributed by atoms with Crippen LogP contribution in [0.25, 0.3) is 0 Å². The number of benzene rings is 2. The van der Waals surface area contributed by atoms with Crippen molar-refractivity contribution in [2.45, 2.75) is 18.9 Å². The van der Waals surface area contributed by atoms with Crippen molar-refractivity contribution in [2.75, 3.05) is 0 Å². The lowest BCUT2D eigenvalue weighted by Gasteiger charge is -2.22. The Morgan fingerprint density at radius 1 is 1.00 bits per heavy atom. The van der Waals surface area contributed by atoms with E-state index in [1.807, 2.05) is 12.1 Å². The molecule has 0 unspecified atom stereocenters. The first-order valence-electron chi connectivity index (χ1n) is 8.09. The van der Waals surface area contributed by atoms with Gasteiger partial charge in [-0.05, 0) is 48.2 Å². The highest BCUT2D eigenvalue weighted by Crippen LogP contribution is 2.37. The summed E-state index contributed by atoms with van der Waals surface area (Å²) in [7, 11) is 0. The van der Waals surface area contributed by atoms with Gasteiger partial charge in [-0.25, -0.2) is 4.79 Å². The lowest BCUT2D eigenvalue weighted by molar-refractivity contribution is -0.139. The molecular weight excluding hydrogens is 318 g/mol. The van der Waals surface area contributed by atoms with Crippen LogP contribution in [0.2, 0.25) is 0 Å². The molecule has 5 heteroatoms. The summed E-state index contributed by atoms with van der Waals surface area (Å²) < 4.78 is 5.35. The number of hydrogen-bond acceptors (Lipinski definition) is 4. The van der Waals surface area contributed by atoms with Gasteiger partial charge in [0.1, 0.15) is 5.75 Å². The van der Waals surface area contributed by atoms with E-state index in [4.69, 9.17) is 4.74 Å². The molecule has 0 N–H and O–H groups in total. The van der Waals surface area contributed by atoms with Gasteiger partial charge in [0, 0.05) is 12.2 Å². The second kappa shape index (κ2) is 6.02. The number of amides is 2. The first kappa shape index (κ1) is 15.3. The average molecular weight is 333 g/mol. The Morgan fingerprint density at radius 3 is 2.44 bits per heavy atom. The zero-order valence-electron chi connectivity index (χ0n) is 13.3. The molecule has 4 rings (SSSR count). The predicted molar refractivity (Wildman–Crippen MR) is 89.9 cm³/mol. The van der Waals surface area contributed by atoms with Gasteiger partial charge in [-0.1, -0.05) is 24.3 Å². The molecule has 5 nitrogen and oxygen atoms in total. The summed E-state index contributed by atoms with van der Waals surface area (Å²) in [6.07, 6.45) is 3.98. The average Bonchev–Trinajstić information content (AvgIpc) is 3.18. The minimum atomic E-state index is -0.424. The number of carbonyl (C=O) groups excluding carboxylic acids is 3. The Balaban J connectivity index is 1.56. The molecule has 0 aromatic heterocycles. The third-order valence-corrected chi connectivity index (χ3v) is 4.53. The summed E-state index contributed by atoms with van der Waals surface area (Å²) in [6, 6.07) is 13.9. The molecule has 2 aliphatic rings. The summed E-state index contributed by atoms with van der Waals surface area (Å²) in [4.78, 5) is 37.4. The van der Waals surface area contributed by atoms with Crippen LogP contribution in [0.4, 0.5) is 0 Å². The molecule has 0 spiro atoms. The van der Waals surface area contributed by atoms with E-state index in [2.05, 4.69) is 0 Å². The highest BCUT2D eigenvalue weighted by Gasteiger charge is 2.36. The number of para-hydroxylation sites is 1. The molecule has 0 bridgehead atoms. The van der Waals surface area contributed by atoms with Crippen molar-refractivity contribution in [1.29, 1.82) is 0 Å². The van der Waals surface area contributed by atoms with Crippen LogP contribution in [0.15, 0.2) is 60.7 Å². The number of imide groups is 1. The number of carbonyl (C=O) groups is 3. The molecule has 124 valence electrons. The fourth-order valence-electron chi connectivity index (χ4n) is 3.36. The molecule has 0 fully saturated rings. The van der Waals surface area contributed by atoms with Crippen LogP contribution >= 0.6 is 0 Å². The zero-order valence-corrected chi connectivity index (χ0v) is 13.3. The van der Waals surface area contributed by atoms with Crippen molar-refractivity contribution < 1.29 is 19.1 Å². The first-order valence-corrected chi connectivity index (χ1v) is 8.09. The van der Waals surface area contributed by atoms with E-state index in [0.717, 1.165) is 11.1 Å². The molecule has 0 saturated heterocycles. The number of esters is 1. The summed E-state index contributed by atoms with van der Waals surface area (Å²) >= 11 is 0. The molecular formula is C20H15NO4. The van der Waals surface area contributed by atoms with E-state index in [1.54, 1.807) is 36.4 Å². The van der Waals surface area contributed by atoms with Crippen LogP contribution in [-0.2, 0) is 16.0 Å². The number of rotatable bonds is 3. The zero-order chi connectivity index (χ0) is 17.4. The van der Waals surface area contributed by atoms with Gasteiger partial charge in [-0.15, -0.1) is 0 Å². The normalized spacial score (nSPS) is 18.6. The summed E-state index contributed by atoms with van der Waals surface area (Å²) in [5.74, 6) is -0.497. The number of hydrogen-bond donors (Lipinski definition) is 0. The van der Waals surface area contributed by atoms with Crippen molar-refractivity contribution in [3.63, 3.8) is 0 Å². The fourth-order valence-corrected chi connectivity index (χ4v) is 3.36. The van der Waals surface area contributed by atoms with E-state index in [-0.39, 0.29) is 17.9 Å². The monoisotopic (exact) mass is 333 g/mol. The Bertz CT molecular complexity index is 883. The van der Waals surface area contributed by atoms with Crippen LogP contribution in [0.3, 0.4) is 0 Å². The lowest BCUT2D eigenvalue weighted by Crippen LogP contribution is -2.33. The predicted octanol–water partition coefficient (Wildman–Crippen LogP) is 2.82. The minimum absolute atomic E-state index is 0.260. The van der Waals surface area contributed by atoms with Gasteiger partial charge >= 0.3 is 5.97 Å². The van der Waals surface area contributed by atoms with Crippen LogP contribution in [0, 0.1) is 0 Å². The van der Waals surface area contributed by atoms with E-state index in [9.17, 15) is 14.4 Å². The van der Waals surface area contributed by atoms with Crippen molar-refractivity contribution >= 4 is 17.8 Å². The van der Waals surface area contributed by atoms with Gasteiger partial charge in [0.15, 0.2) is 0 Å². The van der Waals surface area contributed by atoms with Crippen LogP contribution in [0.1, 0.15) is 33.9 Å². The first-order chi connectivity index (χ1) is 12.1. The number of aryl methyl sites for hydroxylation is 1. The van der Waals surface area contributed by atoms with Gasteiger partial charge in [-0.3, -0.25) is 14.5 Å². The standard InChI is InChI=1S/C20H15NO4/c22-18-10-11-19(23)21(18)17-9-7-13-12-14(6-8-16(13)17)20(24)25-15-4-2-1-3-5-15/h1-6,8,10-12,17H,7,9H2/t17-/m0/s1.